The van der Waals surface area contributed by atoms with Crippen LogP contribution in [0, 0.1) is 0 Å². The number of nitrogen functional groups attached to an aromatic ring is 1. The Morgan fingerprint density at radius 2 is 1.81 bits per heavy atom. The van der Waals surface area contributed by atoms with E-state index in [1.54, 1.807) is 0 Å². The third-order valence-electron chi connectivity index (χ3n) is 2.68. The van der Waals surface area contributed by atoms with Crippen LogP contribution in [0.4, 0.5) is 5.69 Å². The van der Waals surface area contributed by atoms with Crippen molar-refractivity contribution in [3.8, 4) is 11.1 Å². The van der Waals surface area contributed by atoms with Crippen molar-refractivity contribution in [2.24, 2.45) is 0 Å². The summed E-state index contributed by atoms with van der Waals surface area (Å²) in [6.07, 6.45) is 0.966. The van der Waals surface area contributed by atoms with Gasteiger partial charge < -0.3 is 5.73 Å². The lowest BCUT2D eigenvalue weighted by Gasteiger charge is -2.07. The molecule has 0 heterocycles. The van der Waals surface area contributed by atoms with Gasteiger partial charge in [-0.2, -0.15) is 0 Å². The minimum Gasteiger partial charge on any atom is -0.399 e. The number of hydrogen-bond acceptors (Lipinski definition) is 1. The highest BCUT2D eigenvalue weighted by molar-refractivity contribution is 9.10. The fourth-order valence-corrected chi connectivity index (χ4v) is 2.16. The molecule has 1 nitrogen and oxygen atoms in total. The fourth-order valence-electron chi connectivity index (χ4n) is 1.76. The molecule has 0 aromatic heterocycles. The van der Waals surface area contributed by atoms with Crippen molar-refractivity contribution in [1.82, 2.24) is 0 Å². The first-order valence-electron chi connectivity index (χ1n) is 5.35. The molecule has 2 heteroatoms. The van der Waals surface area contributed by atoms with Crippen LogP contribution in [-0.4, -0.2) is 0 Å². The van der Waals surface area contributed by atoms with E-state index in [9.17, 15) is 0 Å². The second-order valence-electron chi connectivity index (χ2n) is 3.78. The maximum Gasteiger partial charge on any atom is 0.0346 e. The monoisotopic (exact) mass is 275 g/mol. The SMILES string of the molecule is CCc1cc(-c2cccc(Br)c2)ccc1N. The molecule has 82 valence electrons. The quantitative estimate of drug-likeness (QED) is 0.815. The van der Waals surface area contributed by atoms with Crippen molar-refractivity contribution < 1.29 is 0 Å². The molecule has 0 aliphatic rings. The minimum absolute atomic E-state index is 0.876. The van der Waals surface area contributed by atoms with Crippen molar-refractivity contribution in [2.45, 2.75) is 13.3 Å². The number of aryl methyl sites for hydroxylation is 1. The van der Waals surface area contributed by atoms with Gasteiger partial charge in [0.25, 0.3) is 0 Å². The molecule has 0 atom stereocenters. The summed E-state index contributed by atoms with van der Waals surface area (Å²) in [6.45, 7) is 2.12. The molecule has 2 aromatic rings. The number of rotatable bonds is 2. The molecule has 0 fully saturated rings. The normalized spacial score (nSPS) is 10.4. The highest BCUT2D eigenvalue weighted by Gasteiger charge is 2.02. The van der Waals surface area contributed by atoms with Crippen LogP contribution in [0.2, 0.25) is 0 Å². The van der Waals surface area contributed by atoms with Gasteiger partial charge in [-0.15, -0.1) is 0 Å². The van der Waals surface area contributed by atoms with Gasteiger partial charge in [-0.3, -0.25) is 0 Å². The Labute approximate surface area is 104 Å². The molecule has 0 aliphatic carbocycles. The molecule has 0 saturated heterocycles. The van der Waals surface area contributed by atoms with Crippen LogP contribution >= 0.6 is 15.9 Å². The lowest BCUT2D eigenvalue weighted by molar-refractivity contribution is 1.15. The first kappa shape index (κ1) is 11.2. The number of hydrogen-bond donors (Lipinski definition) is 1. The number of nitrogens with two attached hydrogens (primary N) is 1. The van der Waals surface area contributed by atoms with Gasteiger partial charge in [-0.25, -0.2) is 0 Å². The molecule has 0 bridgehead atoms. The van der Waals surface area contributed by atoms with Crippen LogP contribution in [0.3, 0.4) is 0 Å². The van der Waals surface area contributed by atoms with Gasteiger partial charge in [0.05, 0.1) is 0 Å². The van der Waals surface area contributed by atoms with E-state index in [-0.39, 0.29) is 0 Å². The number of anilines is 1. The summed E-state index contributed by atoms with van der Waals surface area (Å²) in [5, 5.41) is 0. The Hall–Kier alpha value is -1.28. The molecule has 0 amide bonds. The Kier molecular flexibility index (Phi) is 3.30. The van der Waals surface area contributed by atoms with Crippen molar-refractivity contribution in [1.29, 1.82) is 0 Å². The van der Waals surface area contributed by atoms with Gasteiger partial charge in [0.2, 0.25) is 0 Å². The van der Waals surface area contributed by atoms with Crippen LogP contribution < -0.4 is 5.73 Å². The van der Waals surface area contributed by atoms with E-state index in [4.69, 9.17) is 5.73 Å². The Balaban J connectivity index is 2.48. The number of benzene rings is 2. The van der Waals surface area contributed by atoms with E-state index >= 15 is 0 Å². The molecule has 16 heavy (non-hydrogen) atoms. The van der Waals surface area contributed by atoms with Gasteiger partial charge in [-0.05, 0) is 47.4 Å². The molecular weight excluding hydrogens is 262 g/mol. The standard InChI is InChI=1S/C14H14BrN/c1-2-10-8-12(6-7-14(10)16)11-4-3-5-13(15)9-11/h3-9H,2,16H2,1H3. The van der Waals surface area contributed by atoms with Crippen molar-refractivity contribution >= 4 is 21.6 Å². The second-order valence-corrected chi connectivity index (χ2v) is 4.69. The summed E-state index contributed by atoms with van der Waals surface area (Å²) >= 11 is 3.48. The summed E-state index contributed by atoms with van der Waals surface area (Å²) < 4.78 is 1.10. The Morgan fingerprint density at radius 1 is 1.06 bits per heavy atom. The van der Waals surface area contributed by atoms with E-state index in [2.05, 4.69) is 47.1 Å². The smallest absolute Gasteiger partial charge is 0.0346 e. The Morgan fingerprint density at radius 3 is 2.50 bits per heavy atom. The lowest BCUT2D eigenvalue weighted by atomic mass is 10.0. The van der Waals surface area contributed by atoms with E-state index in [1.807, 2.05) is 18.2 Å². The first-order valence-corrected chi connectivity index (χ1v) is 6.14. The maximum atomic E-state index is 5.90. The van der Waals surface area contributed by atoms with Crippen molar-refractivity contribution in [3.05, 3.63) is 52.5 Å². The van der Waals surface area contributed by atoms with Crippen molar-refractivity contribution in [2.75, 3.05) is 5.73 Å². The lowest BCUT2D eigenvalue weighted by Crippen LogP contribution is -1.93. The maximum absolute atomic E-state index is 5.90. The highest BCUT2D eigenvalue weighted by atomic mass is 79.9. The van der Waals surface area contributed by atoms with E-state index < -0.39 is 0 Å². The topological polar surface area (TPSA) is 26.0 Å². The molecule has 2 N–H and O–H groups in total. The molecule has 0 unspecified atom stereocenters. The van der Waals surface area contributed by atoms with Gasteiger partial charge in [-0.1, -0.05) is 41.1 Å². The molecule has 0 spiro atoms. The predicted molar refractivity (Wildman–Crippen MR) is 73.4 cm³/mol. The predicted octanol–water partition coefficient (Wildman–Crippen LogP) is 4.26. The van der Waals surface area contributed by atoms with E-state index in [0.717, 1.165) is 16.6 Å². The van der Waals surface area contributed by atoms with Gasteiger partial charge in [0.15, 0.2) is 0 Å². The highest BCUT2D eigenvalue weighted by Crippen LogP contribution is 2.26. The zero-order valence-electron chi connectivity index (χ0n) is 9.20. The molecular formula is C14H14BrN. The number of halogens is 1. The van der Waals surface area contributed by atoms with Crippen LogP contribution in [0.5, 0.6) is 0 Å². The van der Waals surface area contributed by atoms with Gasteiger partial charge in [0.1, 0.15) is 0 Å². The summed E-state index contributed by atoms with van der Waals surface area (Å²) in [7, 11) is 0. The largest absolute Gasteiger partial charge is 0.399 e. The van der Waals surface area contributed by atoms with Crippen LogP contribution in [-0.2, 0) is 6.42 Å². The average molecular weight is 276 g/mol. The summed E-state index contributed by atoms with van der Waals surface area (Å²) in [5.74, 6) is 0. The van der Waals surface area contributed by atoms with E-state index in [0.29, 0.717) is 0 Å². The summed E-state index contributed by atoms with van der Waals surface area (Å²) in [6, 6.07) is 14.5. The van der Waals surface area contributed by atoms with Crippen molar-refractivity contribution in [3.63, 3.8) is 0 Å². The van der Waals surface area contributed by atoms with Crippen LogP contribution in [0.1, 0.15) is 12.5 Å². The third kappa shape index (κ3) is 2.27. The summed E-state index contributed by atoms with van der Waals surface area (Å²) in [4.78, 5) is 0. The second kappa shape index (κ2) is 4.71. The molecule has 0 radical (unpaired) electrons. The average Bonchev–Trinajstić information content (AvgIpc) is 2.29. The van der Waals surface area contributed by atoms with Crippen LogP contribution in [0.25, 0.3) is 11.1 Å². The summed E-state index contributed by atoms with van der Waals surface area (Å²) in [5.41, 5.74) is 10.4. The molecule has 0 aliphatic heterocycles. The molecule has 2 aromatic carbocycles. The Bertz CT molecular complexity index is 506. The minimum atomic E-state index is 0.876. The van der Waals surface area contributed by atoms with Gasteiger partial charge >= 0.3 is 0 Å². The zero-order valence-corrected chi connectivity index (χ0v) is 10.8. The zero-order chi connectivity index (χ0) is 11.5. The van der Waals surface area contributed by atoms with Gasteiger partial charge in [0, 0.05) is 10.2 Å². The first-order chi connectivity index (χ1) is 7.70. The fraction of sp³-hybridized carbons (Fsp3) is 0.143. The van der Waals surface area contributed by atoms with E-state index in [1.165, 1.54) is 16.7 Å². The molecule has 0 saturated carbocycles. The molecule has 2 rings (SSSR count). The third-order valence-corrected chi connectivity index (χ3v) is 3.18. The van der Waals surface area contributed by atoms with Crippen LogP contribution in [0.15, 0.2) is 46.9 Å².